The van der Waals surface area contributed by atoms with Gasteiger partial charge in [0.25, 0.3) is 0 Å². The van der Waals surface area contributed by atoms with Crippen molar-refractivity contribution in [3.63, 3.8) is 0 Å². The number of hydrogen-bond donors (Lipinski definition) is 2. The molecule has 3 nitrogen and oxygen atoms in total. The van der Waals surface area contributed by atoms with Crippen molar-refractivity contribution < 1.29 is 9.90 Å². The van der Waals surface area contributed by atoms with Crippen molar-refractivity contribution in [2.75, 3.05) is 6.61 Å². The van der Waals surface area contributed by atoms with Gasteiger partial charge in [0.15, 0.2) is 0 Å². The quantitative estimate of drug-likeness (QED) is 0.810. The third kappa shape index (κ3) is 5.07. The number of aliphatic hydroxyl groups is 1. The molecule has 0 aromatic heterocycles. The van der Waals surface area contributed by atoms with Crippen LogP contribution < -0.4 is 5.32 Å². The van der Waals surface area contributed by atoms with E-state index in [2.05, 4.69) is 17.2 Å². The second-order valence-corrected chi connectivity index (χ2v) is 4.94. The van der Waals surface area contributed by atoms with E-state index in [9.17, 15) is 4.79 Å². The van der Waals surface area contributed by atoms with Crippen molar-refractivity contribution >= 4 is 5.91 Å². The van der Waals surface area contributed by atoms with E-state index in [-0.39, 0.29) is 24.5 Å². The Morgan fingerprint density at radius 1 is 1.30 bits per heavy atom. The standard InChI is InChI=1S/C17H23NO2/c1-4-13(2)17(20)18-14(3)16-10-8-15(9-11-16)7-5-6-12-19/h8-11,13-14,19H,4,6,12H2,1-3H3,(H,18,20). The second-order valence-electron chi connectivity index (χ2n) is 4.94. The average molecular weight is 273 g/mol. The summed E-state index contributed by atoms with van der Waals surface area (Å²) >= 11 is 0. The molecule has 0 saturated heterocycles. The number of nitrogens with one attached hydrogen (secondary N) is 1. The Balaban J connectivity index is 2.64. The molecule has 0 fully saturated rings. The maximum Gasteiger partial charge on any atom is 0.223 e. The first-order chi connectivity index (χ1) is 9.58. The molecule has 0 aliphatic carbocycles. The van der Waals surface area contributed by atoms with Crippen molar-refractivity contribution in [1.82, 2.24) is 5.32 Å². The SMILES string of the molecule is CCC(C)C(=O)NC(C)c1ccc(C#CCCO)cc1. The van der Waals surface area contributed by atoms with Crippen LogP contribution in [0, 0.1) is 17.8 Å². The third-order valence-corrected chi connectivity index (χ3v) is 3.30. The van der Waals surface area contributed by atoms with E-state index in [1.54, 1.807) is 0 Å². The molecular weight excluding hydrogens is 250 g/mol. The molecular formula is C17H23NO2. The maximum absolute atomic E-state index is 11.8. The van der Waals surface area contributed by atoms with Gasteiger partial charge in [-0.1, -0.05) is 37.8 Å². The zero-order valence-corrected chi connectivity index (χ0v) is 12.4. The monoisotopic (exact) mass is 273 g/mol. The van der Waals surface area contributed by atoms with Crippen LogP contribution in [0.25, 0.3) is 0 Å². The molecule has 108 valence electrons. The maximum atomic E-state index is 11.8. The zero-order valence-electron chi connectivity index (χ0n) is 12.4. The van der Waals surface area contributed by atoms with Crippen LogP contribution in [-0.4, -0.2) is 17.6 Å². The number of hydrogen-bond acceptors (Lipinski definition) is 2. The molecule has 0 spiro atoms. The molecule has 1 amide bonds. The summed E-state index contributed by atoms with van der Waals surface area (Å²) in [6.07, 6.45) is 1.33. The molecule has 2 atom stereocenters. The highest BCUT2D eigenvalue weighted by Gasteiger charge is 2.14. The fourth-order valence-electron chi connectivity index (χ4n) is 1.70. The third-order valence-electron chi connectivity index (χ3n) is 3.30. The smallest absolute Gasteiger partial charge is 0.223 e. The molecule has 3 heteroatoms. The molecule has 1 rings (SSSR count). The van der Waals surface area contributed by atoms with Gasteiger partial charge in [0.2, 0.25) is 5.91 Å². The van der Waals surface area contributed by atoms with Crippen molar-refractivity contribution in [2.24, 2.45) is 5.92 Å². The number of benzene rings is 1. The number of carbonyl (C=O) groups excluding carboxylic acids is 1. The van der Waals surface area contributed by atoms with Gasteiger partial charge < -0.3 is 10.4 Å². The number of carbonyl (C=O) groups is 1. The minimum absolute atomic E-state index is 0.00375. The van der Waals surface area contributed by atoms with Gasteiger partial charge in [0.1, 0.15) is 0 Å². The highest BCUT2D eigenvalue weighted by atomic mass is 16.2. The lowest BCUT2D eigenvalue weighted by molar-refractivity contribution is -0.125. The number of aliphatic hydroxyl groups excluding tert-OH is 1. The van der Waals surface area contributed by atoms with Gasteiger partial charge in [-0.25, -0.2) is 0 Å². The van der Waals surface area contributed by atoms with Gasteiger partial charge >= 0.3 is 0 Å². The summed E-state index contributed by atoms with van der Waals surface area (Å²) in [5, 5.41) is 11.7. The van der Waals surface area contributed by atoms with E-state index in [1.807, 2.05) is 45.0 Å². The van der Waals surface area contributed by atoms with Gasteiger partial charge in [0.05, 0.1) is 12.6 Å². The molecule has 2 N–H and O–H groups in total. The molecule has 0 heterocycles. The lowest BCUT2D eigenvalue weighted by atomic mass is 10.0. The van der Waals surface area contributed by atoms with E-state index in [0.717, 1.165) is 17.5 Å². The minimum atomic E-state index is -0.00375. The summed E-state index contributed by atoms with van der Waals surface area (Å²) in [5.41, 5.74) is 1.98. The van der Waals surface area contributed by atoms with Crippen LogP contribution in [0.2, 0.25) is 0 Å². The van der Waals surface area contributed by atoms with E-state index in [0.29, 0.717) is 6.42 Å². The molecule has 0 saturated carbocycles. The Labute approximate surface area is 121 Å². The van der Waals surface area contributed by atoms with Crippen LogP contribution >= 0.6 is 0 Å². The molecule has 20 heavy (non-hydrogen) atoms. The first-order valence-corrected chi connectivity index (χ1v) is 7.08. The molecule has 2 unspecified atom stereocenters. The van der Waals surface area contributed by atoms with Gasteiger partial charge in [-0.15, -0.1) is 0 Å². The molecule has 0 aliphatic heterocycles. The Kier molecular flexibility index (Phi) is 6.83. The van der Waals surface area contributed by atoms with Crippen LogP contribution in [0.1, 0.15) is 50.8 Å². The summed E-state index contributed by atoms with van der Waals surface area (Å²) in [5.74, 6) is 6.00. The lowest BCUT2D eigenvalue weighted by Crippen LogP contribution is -2.31. The number of amides is 1. The second kappa shape index (κ2) is 8.39. The van der Waals surface area contributed by atoms with Crippen LogP contribution in [-0.2, 0) is 4.79 Å². The van der Waals surface area contributed by atoms with Crippen LogP contribution in [0.5, 0.6) is 0 Å². The predicted octanol–water partition coefficient (Wildman–Crippen LogP) is 2.64. The van der Waals surface area contributed by atoms with E-state index in [4.69, 9.17) is 5.11 Å². The average Bonchev–Trinajstić information content (AvgIpc) is 2.47. The van der Waals surface area contributed by atoms with E-state index >= 15 is 0 Å². The Morgan fingerprint density at radius 3 is 2.50 bits per heavy atom. The van der Waals surface area contributed by atoms with Crippen molar-refractivity contribution in [3.8, 4) is 11.8 Å². The van der Waals surface area contributed by atoms with Crippen molar-refractivity contribution in [2.45, 2.75) is 39.7 Å². The zero-order chi connectivity index (χ0) is 15.0. The summed E-state index contributed by atoms with van der Waals surface area (Å²) < 4.78 is 0. The summed E-state index contributed by atoms with van der Waals surface area (Å²) in [7, 11) is 0. The first kappa shape index (κ1) is 16.3. The number of rotatable bonds is 5. The van der Waals surface area contributed by atoms with Gasteiger partial charge in [-0.2, -0.15) is 0 Å². The largest absolute Gasteiger partial charge is 0.395 e. The van der Waals surface area contributed by atoms with Crippen LogP contribution in [0.3, 0.4) is 0 Å². The topological polar surface area (TPSA) is 49.3 Å². The molecule has 1 aromatic carbocycles. The summed E-state index contributed by atoms with van der Waals surface area (Å²) in [6, 6.07) is 7.82. The fraction of sp³-hybridized carbons (Fsp3) is 0.471. The van der Waals surface area contributed by atoms with Crippen molar-refractivity contribution in [1.29, 1.82) is 0 Å². The Hall–Kier alpha value is -1.79. The summed E-state index contributed by atoms with van der Waals surface area (Å²) in [6.45, 7) is 6.01. The molecule has 0 aliphatic rings. The highest BCUT2D eigenvalue weighted by Crippen LogP contribution is 2.14. The predicted molar refractivity (Wildman–Crippen MR) is 81.0 cm³/mol. The van der Waals surface area contributed by atoms with Gasteiger partial charge in [-0.05, 0) is 31.0 Å². The van der Waals surface area contributed by atoms with E-state index in [1.165, 1.54) is 0 Å². The molecule has 1 aromatic rings. The fourth-order valence-corrected chi connectivity index (χ4v) is 1.70. The van der Waals surface area contributed by atoms with Crippen molar-refractivity contribution in [3.05, 3.63) is 35.4 Å². The Morgan fingerprint density at radius 2 is 1.95 bits per heavy atom. The first-order valence-electron chi connectivity index (χ1n) is 7.08. The molecule has 0 radical (unpaired) electrons. The van der Waals surface area contributed by atoms with E-state index < -0.39 is 0 Å². The van der Waals surface area contributed by atoms with Crippen LogP contribution in [0.15, 0.2) is 24.3 Å². The Bertz CT molecular complexity index is 482. The normalized spacial score (nSPS) is 13.0. The molecule has 0 bridgehead atoms. The minimum Gasteiger partial charge on any atom is -0.395 e. The summed E-state index contributed by atoms with van der Waals surface area (Å²) in [4.78, 5) is 11.8. The van der Waals surface area contributed by atoms with Crippen LogP contribution in [0.4, 0.5) is 0 Å². The highest BCUT2D eigenvalue weighted by molar-refractivity contribution is 5.78. The lowest BCUT2D eigenvalue weighted by Gasteiger charge is -2.17. The van der Waals surface area contributed by atoms with Gasteiger partial charge in [-0.3, -0.25) is 4.79 Å². The van der Waals surface area contributed by atoms with Gasteiger partial charge in [0, 0.05) is 17.9 Å².